The molecule has 3 heteroatoms. The normalized spacial score (nSPS) is 13.0. The van der Waals surface area contributed by atoms with Gasteiger partial charge in [-0.25, -0.2) is 0 Å². The molecule has 2 nitrogen and oxygen atoms in total. The predicted octanol–water partition coefficient (Wildman–Crippen LogP) is 5.70. The molecule has 3 aromatic rings. The van der Waals surface area contributed by atoms with E-state index < -0.39 is 6.04 Å². The van der Waals surface area contributed by atoms with Crippen LogP contribution in [0.25, 0.3) is 0 Å². The van der Waals surface area contributed by atoms with Crippen LogP contribution >= 0.6 is 15.9 Å². The summed E-state index contributed by atoms with van der Waals surface area (Å²) >= 11 is 3.45. The van der Waals surface area contributed by atoms with Gasteiger partial charge in [0, 0.05) is 4.47 Å². The van der Waals surface area contributed by atoms with Crippen LogP contribution in [0.2, 0.25) is 0 Å². The number of benzene rings is 3. The molecule has 0 spiro atoms. The third-order valence-corrected chi connectivity index (χ3v) is 4.83. The maximum absolute atomic E-state index is 9.74. The molecular formula is C22H19BrN2. The molecule has 25 heavy (non-hydrogen) atoms. The lowest BCUT2D eigenvalue weighted by Gasteiger charge is -2.24. The molecule has 1 unspecified atom stereocenters. The minimum atomic E-state index is -0.391. The zero-order valence-electron chi connectivity index (χ0n) is 14.0. The first kappa shape index (κ1) is 17.4. The van der Waals surface area contributed by atoms with Crippen molar-refractivity contribution in [3.8, 4) is 6.07 Å². The summed E-state index contributed by atoms with van der Waals surface area (Å²) in [6, 6.07) is 28.4. The Kier molecular flexibility index (Phi) is 5.65. The van der Waals surface area contributed by atoms with Crippen LogP contribution in [0.5, 0.6) is 0 Å². The number of nitrogens with one attached hydrogen (secondary N) is 1. The van der Waals surface area contributed by atoms with Gasteiger partial charge >= 0.3 is 0 Å². The van der Waals surface area contributed by atoms with Crippen molar-refractivity contribution in [1.82, 2.24) is 5.32 Å². The monoisotopic (exact) mass is 390 g/mol. The van der Waals surface area contributed by atoms with Crippen molar-refractivity contribution in [2.24, 2.45) is 0 Å². The summed E-state index contributed by atoms with van der Waals surface area (Å²) in [6.07, 6.45) is 0. The summed E-state index contributed by atoms with van der Waals surface area (Å²) < 4.78 is 1.01. The average Bonchev–Trinajstić information content (AvgIpc) is 2.65. The summed E-state index contributed by atoms with van der Waals surface area (Å²) in [7, 11) is 0. The van der Waals surface area contributed by atoms with Gasteiger partial charge in [-0.05, 0) is 41.3 Å². The topological polar surface area (TPSA) is 35.8 Å². The van der Waals surface area contributed by atoms with Gasteiger partial charge < -0.3 is 0 Å². The zero-order chi connectivity index (χ0) is 17.6. The number of nitriles is 1. The number of halogens is 1. The maximum atomic E-state index is 9.74. The Labute approximate surface area is 157 Å². The second-order valence-corrected chi connectivity index (χ2v) is 6.90. The van der Waals surface area contributed by atoms with Crippen LogP contribution in [0.3, 0.4) is 0 Å². The number of nitrogens with zero attached hydrogens (tertiary/aromatic N) is 1. The molecule has 0 aromatic heterocycles. The van der Waals surface area contributed by atoms with Gasteiger partial charge in [0.05, 0.1) is 12.1 Å². The summed E-state index contributed by atoms with van der Waals surface area (Å²) in [5.41, 5.74) is 4.50. The highest BCUT2D eigenvalue weighted by Gasteiger charge is 2.21. The van der Waals surface area contributed by atoms with Crippen molar-refractivity contribution in [1.29, 1.82) is 5.26 Å². The van der Waals surface area contributed by atoms with E-state index in [0.29, 0.717) is 0 Å². The minimum Gasteiger partial charge on any atom is -0.287 e. The van der Waals surface area contributed by atoms with E-state index in [1.807, 2.05) is 54.6 Å². The molecule has 1 N–H and O–H groups in total. The highest BCUT2D eigenvalue weighted by atomic mass is 79.9. The van der Waals surface area contributed by atoms with Crippen molar-refractivity contribution in [3.63, 3.8) is 0 Å². The Morgan fingerprint density at radius 2 is 1.48 bits per heavy atom. The second-order valence-electron chi connectivity index (χ2n) is 5.98. The molecule has 0 saturated carbocycles. The van der Waals surface area contributed by atoms with Crippen LogP contribution in [-0.2, 0) is 0 Å². The Morgan fingerprint density at radius 1 is 0.840 bits per heavy atom. The number of aryl methyl sites for hydroxylation is 1. The molecule has 0 saturated heterocycles. The molecule has 0 bridgehead atoms. The summed E-state index contributed by atoms with van der Waals surface area (Å²) in [5.74, 6) is 0. The minimum absolute atomic E-state index is 0.0457. The standard InChI is InChI=1S/C22H19BrN2/c1-16-7-5-6-10-20(16)22(18-8-3-2-4-9-18)25-21(15-24)17-11-13-19(23)14-12-17/h2-14,21-22,25H,1H3/t21-,22?/m0/s1. The van der Waals surface area contributed by atoms with E-state index in [4.69, 9.17) is 0 Å². The smallest absolute Gasteiger partial charge is 0.122 e. The lowest BCUT2D eigenvalue weighted by atomic mass is 9.93. The SMILES string of the molecule is Cc1ccccc1C(N[C@@H](C#N)c1ccc(Br)cc1)c1ccccc1. The van der Waals surface area contributed by atoms with Crippen LogP contribution in [-0.4, -0.2) is 0 Å². The molecular weight excluding hydrogens is 372 g/mol. The molecule has 0 aliphatic carbocycles. The lowest BCUT2D eigenvalue weighted by molar-refractivity contribution is 0.557. The molecule has 124 valence electrons. The number of rotatable bonds is 5. The molecule has 3 aromatic carbocycles. The van der Waals surface area contributed by atoms with E-state index >= 15 is 0 Å². The van der Waals surface area contributed by atoms with Gasteiger partial charge in [-0.2, -0.15) is 5.26 Å². The van der Waals surface area contributed by atoms with Crippen molar-refractivity contribution in [2.45, 2.75) is 19.0 Å². The van der Waals surface area contributed by atoms with Gasteiger partial charge in [-0.1, -0.05) is 82.7 Å². The average molecular weight is 391 g/mol. The molecule has 2 atom stereocenters. The summed E-state index contributed by atoms with van der Waals surface area (Å²) in [6.45, 7) is 2.11. The van der Waals surface area contributed by atoms with Crippen LogP contribution < -0.4 is 5.32 Å². The van der Waals surface area contributed by atoms with E-state index in [9.17, 15) is 5.26 Å². The molecule has 0 aliphatic rings. The van der Waals surface area contributed by atoms with Gasteiger partial charge in [0.2, 0.25) is 0 Å². The van der Waals surface area contributed by atoms with Gasteiger partial charge in [-0.15, -0.1) is 0 Å². The fraction of sp³-hybridized carbons (Fsp3) is 0.136. The third-order valence-electron chi connectivity index (χ3n) is 4.30. The van der Waals surface area contributed by atoms with E-state index in [0.717, 1.165) is 15.6 Å². The van der Waals surface area contributed by atoms with Crippen molar-refractivity contribution in [3.05, 3.63) is 106 Å². The third kappa shape index (κ3) is 4.17. The van der Waals surface area contributed by atoms with Crippen molar-refractivity contribution < 1.29 is 0 Å². The largest absolute Gasteiger partial charge is 0.287 e. The Bertz CT molecular complexity index is 867. The van der Waals surface area contributed by atoms with Crippen molar-refractivity contribution in [2.75, 3.05) is 0 Å². The lowest BCUT2D eigenvalue weighted by Crippen LogP contribution is -2.27. The fourth-order valence-electron chi connectivity index (χ4n) is 2.95. The van der Waals surface area contributed by atoms with E-state index in [1.165, 1.54) is 11.1 Å². The van der Waals surface area contributed by atoms with Gasteiger partial charge in [0.25, 0.3) is 0 Å². The highest BCUT2D eigenvalue weighted by Crippen LogP contribution is 2.28. The molecule has 0 aliphatic heterocycles. The number of hydrogen-bond donors (Lipinski definition) is 1. The zero-order valence-corrected chi connectivity index (χ0v) is 15.6. The maximum Gasteiger partial charge on any atom is 0.122 e. The predicted molar refractivity (Wildman–Crippen MR) is 105 cm³/mol. The highest BCUT2D eigenvalue weighted by molar-refractivity contribution is 9.10. The van der Waals surface area contributed by atoms with Crippen molar-refractivity contribution >= 4 is 15.9 Å². The van der Waals surface area contributed by atoms with Gasteiger partial charge in [0.1, 0.15) is 6.04 Å². The summed E-state index contributed by atoms with van der Waals surface area (Å²) in [4.78, 5) is 0. The van der Waals surface area contributed by atoms with E-state index in [-0.39, 0.29) is 6.04 Å². The van der Waals surface area contributed by atoms with Gasteiger partial charge in [-0.3, -0.25) is 5.32 Å². The fourth-order valence-corrected chi connectivity index (χ4v) is 3.22. The van der Waals surface area contributed by atoms with E-state index in [2.05, 4.69) is 58.5 Å². The Hall–Kier alpha value is -2.41. The number of hydrogen-bond acceptors (Lipinski definition) is 2. The molecule has 0 amide bonds. The Balaban J connectivity index is 1.99. The first-order valence-corrected chi connectivity index (χ1v) is 9.00. The second kappa shape index (κ2) is 8.11. The quantitative estimate of drug-likeness (QED) is 0.606. The molecule has 3 rings (SSSR count). The van der Waals surface area contributed by atoms with Gasteiger partial charge in [0.15, 0.2) is 0 Å². The van der Waals surface area contributed by atoms with Crippen LogP contribution in [0.4, 0.5) is 0 Å². The van der Waals surface area contributed by atoms with Crippen LogP contribution in [0.15, 0.2) is 83.3 Å². The summed E-state index contributed by atoms with van der Waals surface area (Å²) in [5, 5.41) is 13.3. The first-order chi connectivity index (χ1) is 12.2. The molecule has 0 fully saturated rings. The van der Waals surface area contributed by atoms with E-state index in [1.54, 1.807) is 0 Å². The molecule has 0 heterocycles. The Morgan fingerprint density at radius 3 is 2.12 bits per heavy atom. The first-order valence-electron chi connectivity index (χ1n) is 8.20. The van der Waals surface area contributed by atoms with Crippen LogP contribution in [0, 0.1) is 18.3 Å². The molecule has 0 radical (unpaired) electrons. The van der Waals surface area contributed by atoms with Crippen LogP contribution in [0.1, 0.15) is 34.3 Å².